The lowest BCUT2D eigenvalue weighted by Gasteiger charge is -2.30. The number of para-hydroxylation sites is 1. The maximum Gasteiger partial charge on any atom is 0.368 e. The van der Waals surface area contributed by atoms with Gasteiger partial charge in [0.25, 0.3) is 14.7 Å². The lowest BCUT2D eigenvalue weighted by molar-refractivity contribution is 0.117. The lowest BCUT2D eigenvalue weighted by atomic mass is 9.88. The molecule has 4 saturated carbocycles. The number of fused-ring (bicyclic) bond motifs is 7. The van der Waals surface area contributed by atoms with Gasteiger partial charge >= 0.3 is 15.2 Å². The average Bonchev–Trinajstić information content (AvgIpc) is 1.46. The minimum absolute atomic E-state index is 0.0979. The maximum absolute atomic E-state index is 13.9. The van der Waals surface area contributed by atoms with E-state index in [4.69, 9.17) is 78.8 Å². The third-order valence-electron chi connectivity index (χ3n) is 28.7. The third kappa shape index (κ3) is 32.9. The van der Waals surface area contributed by atoms with Crippen molar-refractivity contribution in [1.82, 2.24) is 0 Å². The highest BCUT2D eigenvalue weighted by atomic mass is 31.2. The Hall–Kier alpha value is -6.28. The van der Waals surface area contributed by atoms with E-state index in [1.807, 2.05) is 262 Å². The molecule has 13 aliphatic rings. The topological polar surface area (TPSA) is 320 Å². The zero-order valence-electron chi connectivity index (χ0n) is 85.1. The molecule has 25 nitrogen and oxygen atoms in total. The van der Waals surface area contributed by atoms with Crippen molar-refractivity contribution in [2.24, 2.45) is 23.7 Å². The number of hydrogen-bond acceptors (Lipinski definition) is 25. The molecule has 0 bridgehead atoms. The third-order valence-corrected chi connectivity index (χ3v) is 47.9. The van der Waals surface area contributed by atoms with Gasteiger partial charge in [0.15, 0.2) is 14.7 Å². The van der Waals surface area contributed by atoms with Crippen LogP contribution in [-0.2, 0) is 116 Å². The molecule has 4 aliphatic carbocycles. The molecule has 9 aromatic rings. The minimum Gasteiger partial charge on any atom is -0.439 e. The molecule has 19 atom stereocenters. The van der Waals surface area contributed by atoms with Crippen molar-refractivity contribution < 1.29 is 115 Å². The monoisotopic (exact) mass is 2140 g/mol. The summed E-state index contributed by atoms with van der Waals surface area (Å²) in [6, 6.07) is 83.6. The SMILES string of the molecule is CCOP(=O)(/C=C/C1CO1)OCC.CCOP(C)(=O)CCC1CCC2OC2C1.COP(=O)(OC)C1(c2ccccc2)CO1.COP(C)(=O)CCC1CCC2OC2C1.O=P(CCC1CCC2OC2C1)(c1ccccc1)c1ccccc1.O=P(CCCOCC1CO1)(c1ccccc1)c1ccccc1.O=P(OCC1CO1)(c1ccccc1)c1ccccc1.O=P1(CCC2CCC3OC3C2)Oc2ccccc2-c2ccccc21. The summed E-state index contributed by atoms with van der Waals surface area (Å²) in [6.07, 6.45) is 29.1. The Kier molecular flexibility index (Phi) is 41.5. The minimum atomic E-state index is -3.22. The Morgan fingerprint density at radius 1 is 0.386 bits per heavy atom. The summed E-state index contributed by atoms with van der Waals surface area (Å²) in [7, 11) is -17.5. The van der Waals surface area contributed by atoms with Crippen LogP contribution in [0.25, 0.3) is 11.1 Å². The van der Waals surface area contributed by atoms with E-state index < -0.39 is 64.3 Å². The van der Waals surface area contributed by atoms with Gasteiger partial charge in [-0.25, -0.2) is 0 Å². The van der Waals surface area contributed by atoms with Crippen molar-refractivity contribution in [2.45, 2.75) is 202 Å². The number of epoxide rings is 8. The van der Waals surface area contributed by atoms with Crippen LogP contribution in [0.4, 0.5) is 0 Å². The van der Waals surface area contributed by atoms with Crippen molar-refractivity contribution >= 4 is 96.1 Å². The van der Waals surface area contributed by atoms with Crippen LogP contribution < -0.4 is 41.7 Å². The highest BCUT2D eigenvalue weighted by molar-refractivity contribution is 7.79. The molecular weight excluding hydrogens is 1990 g/mol. The Morgan fingerprint density at radius 3 is 1.16 bits per heavy atom. The van der Waals surface area contributed by atoms with Crippen LogP contribution in [0, 0.1) is 23.7 Å². The fraction of sp³-hybridized carbons (Fsp3) is 0.500. The van der Waals surface area contributed by atoms with Gasteiger partial charge in [-0.1, -0.05) is 224 Å². The molecule has 9 aliphatic heterocycles. The quantitative estimate of drug-likeness (QED) is 0.0196. The van der Waals surface area contributed by atoms with Crippen molar-refractivity contribution in [3.63, 3.8) is 0 Å². The normalized spacial score (nSPS) is 27.1. The Labute approximate surface area is 858 Å². The summed E-state index contributed by atoms with van der Waals surface area (Å²) >= 11 is 0. The van der Waals surface area contributed by atoms with Gasteiger partial charge in [-0.05, 0) is 207 Å². The average molecular weight is 2140 g/mol. The molecular formula is C112H148O25P8. The van der Waals surface area contributed by atoms with Crippen LogP contribution in [0.15, 0.2) is 273 Å². The predicted octanol–water partition coefficient (Wildman–Crippen LogP) is 23.6. The molecule has 9 heterocycles. The summed E-state index contributed by atoms with van der Waals surface area (Å²) in [5.74, 6) is 4.95. The molecule has 22 rings (SSSR count). The molecule has 0 amide bonds. The van der Waals surface area contributed by atoms with Crippen molar-refractivity contribution in [3.05, 3.63) is 278 Å². The van der Waals surface area contributed by atoms with Crippen LogP contribution in [0.1, 0.15) is 135 Å². The first kappa shape index (κ1) is 113. The first-order valence-corrected chi connectivity index (χ1v) is 66.7. The fourth-order valence-electron chi connectivity index (χ4n) is 19.7. The molecule has 9 aromatic carbocycles. The number of rotatable bonds is 40. The smallest absolute Gasteiger partial charge is 0.368 e. The summed E-state index contributed by atoms with van der Waals surface area (Å²) in [6.45, 7) is 14.5. The van der Waals surface area contributed by atoms with E-state index in [2.05, 4.69) is 6.07 Å². The Balaban J connectivity index is 0.000000126. The molecule has 0 aromatic heterocycles. The van der Waals surface area contributed by atoms with Crippen LogP contribution in [0.3, 0.4) is 0 Å². The number of benzene rings is 9. The molecule has 0 spiro atoms. The standard InChI is InChI=1S/C20H21O3P.C20H23O2P.C18H21O3P.C15H15O3P.C11H21O3P.C10H13O4P.C10H19O3P.C8H15O4P/c21-24(12-11-14-9-10-18-19(13-14)22-18)20-8-4-2-6-16(20)15-5-1-3-7-17(15)23-24;21-23(17-7-3-1-4-8-17,18-9-5-2-6-10-18)14-13-16-11-12-19-20(15-16)22-19;19-22(17-8-3-1-4-9-17,18-10-5-2-6-11-18)13-7-12-20-14-16-15-21-16;16-19(18-12-13-11-17-13,14-7-3-1-4-8-14)15-9-5-2-6-10-15;1-3-13-15(2,12)7-6-9-4-5-10-11(8-9)14-10;1-12-15(11,13-2)10(8-14-10)9-6-4-3-5-7-9;1-12-14(2,11)6-5-8-3-4-9-10(7-8)13-9;1-3-11-13(9,12-4-2)6-5-8-7-10-8/h1-8,14,18-19H,9-13H2;1-10,16,19-20H,11-15H2;1-6,8-11,16H,7,12-15H2;1-10,13H,11-12H2;9-11H,3-8H2,1-2H3;3-7H,8H2,1-2H3;8-10H,3-7H2,1-2H3;5-6,8H,3-4,7H2,1-2H3/b;;;;;;;6-5+. The fourth-order valence-corrected chi connectivity index (χ4v) is 35.4. The van der Waals surface area contributed by atoms with Gasteiger partial charge in [0, 0.05) is 115 Å². The maximum atomic E-state index is 13.9. The molecule has 8 saturated heterocycles. The molecule has 33 heteroatoms. The summed E-state index contributed by atoms with van der Waals surface area (Å²) < 4.78 is 193. The van der Waals surface area contributed by atoms with Gasteiger partial charge in [0.2, 0.25) is 5.34 Å². The van der Waals surface area contributed by atoms with Gasteiger partial charge in [-0.3, -0.25) is 27.4 Å². The van der Waals surface area contributed by atoms with Crippen LogP contribution >= 0.6 is 59.0 Å². The van der Waals surface area contributed by atoms with E-state index in [-0.39, 0.29) is 18.3 Å². The van der Waals surface area contributed by atoms with Crippen molar-refractivity contribution in [1.29, 1.82) is 0 Å². The highest BCUT2D eigenvalue weighted by Gasteiger charge is 2.63. The van der Waals surface area contributed by atoms with E-state index in [9.17, 15) is 36.5 Å². The van der Waals surface area contributed by atoms with Crippen molar-refractivity contribution in [3.8, 4) is 16.9 Å². The van der Waals surface area contributed by atoms with E-state index in [1.165, 1.54) is 84.2 Å². The van der Waals surface area contributed by atoms with Gasteiger partial charge < -0.3 is 88.0 Å². The zero-order valence-corrected chi connectivity index (χ0v) is 92.2. The van der Waals surface area contributed by atoms with Gasteiger partial charge in [0.1, 0.15) is 32.2 Å². The molecule has 786 valence electrons. The van der Waals surface area contributed by atoms with Crippen molar-refractivity contribution in [2.75, 3.05) is 132 Å². The summed E-state index contributed by atoms with van der Waals surface area (Å²) in [4.78, 5) is 0. The Bertz CT molecular complexity index is 5800. The van der Waals surface area contributed by atoms with Crippen LogP contribution in [0.2, 0.25) is 0 Å². The number of hydrogen-bond donors (Lipinski definition) is 0. The van der Waals surface area contributed by atoms with Crippen LogP contribution in [-0.4, -0.2) is 199 Å². The first-order valence-electron chi connectivity index (χ1n) is 51.8. The predicted molar refractivity (Wildman–Crippen MR) is 578 cm³/mol. The first-order chi connectivity index (χ1) is 70.2. The van der Waals surface area contributed by atoms with E-state index >= 15 is 0 Å². The second-order valence-electron chi connectivity index (χ2n) is 39.3. The largest absolute Gasteiger partial charge is 0.439 e. The second kappa shape index (κ2) is 53.3. The second-order valence-corrected chi connectivity index (χ2v) is 60.0. The van der Waals surface area contributed by atoms with E-state index in [1.54, 1.807) is 40.4 Å². The van der Waals surface area contributed by atoms with Gasteiger partial charge in [0.05, 0.1) is 120 Å². The lowest BCUT2D eigenvalue weighted by Crippen LogP contribution is -2.22. The van der Waals surface area contributed by atoms with Gasteiger partial charge in [-0.15, -0.1) is 0 Å². The molecule has 0 N–H and O–H groups in total. The number of ether oxygens (including phenoxy) is 9. The van der Waals surface area contributed by atoms with E-state index in [0.717, 1.165) is 130 Å². The molecule has 19 unspecified atom stereocenters. The zero-order chi connectivity index (χ0) is 102. The molecule has 145 heavy (non-hydrogen) atoms. The molecule has 0 radical (unpaired) electrons. The van der Waals surface area contributed by atoms with E-state index in [0.29, 0.717) is 144 Å². The summed E-state index contributed by atoms with van der Waals surface area (Å²) in [5.41, 5.74) is 2.94. The highest BCUT2D eigenvalue weighted by Crippen LogP contribution is 2.71. The van der Waals surface area contributed by atoms with Crippen LogP contribution in [0.5, 0.6) is 5.75 Å². The molecule has 12 fully saturated rings. The van der Waals surface area contributed by atoms with Gasteiger partial charge in [-0.2, -0.15) is 0 Å². The Morgan fingerprint density at radius 2 is 0.759 bits per heavy atom. The summed E-state index contributed by atoms with van der Waals surface area (Å²) in [5, 5.41) is 5.27.